The van der Waals surface area contributed by atoms with Gasteiger partial charge in [-0.15, -0.1) is 0 Å². The number of methoxy groups -OCH3 is 1. The number of nitrogens with zero attached hydrogens (tertiary/aromatic N) is 2. The van der Waals surface area contributed by atoms with Crippen molar-refractivity contribution in [2.45, 2.75) is 52.0 Å². The average Bonchev–Trinajstić information content (AvgIpc) is 2.93. The zero-order chi connectivity index (χ0) is 15.4. The molecule has 0 spiro atoms. The summed E-state index contributed by atoms with van der Waals surface area (Å²) in [6.45, 7) is 4.37. The van der Waals surface area contributed by atoms with E-state index in [0.717, 1.165) is 24.5 Å². The Hall–Kier alpha value is -1.43. The predicted octanol–water partition coefficient (Wildman–Crippen LogP) is 3.29. The first-order valence-corrected chi connectivity index (χ1v) is 8.26. The summed E-state index contributed by atoms with van der Waals surface area (Å²) in [5.41, 5.74) is 0.152. The number of esters is 1. The Kier molecular flexibility index (Phi) is 5.33. The predicted molar refractivity (Wildman–Crippen MR) is 83.4 cm³/mol. The summed E-state index contributed by atoms with van der Waals surface area (Å²) < 4.78 is 4.73. The van der Waals surface area contributed by atoms with Crippen LogP contribution in [0.2, 0.25) is 0 Å². The highest BCUT2D eigenvalue weighted by Gasteiger charge is 2.27. The third kappa shape index (κ3) is 3.43. The van der Waals surface area contributed by atoms with Crippen LogP contribution < -0.4 is 4.90 Å². The maximum atomic E-state index is 11.8. The number of rotatable bonds is 5. The molecule has 0 aromatic carbocycles. The Morgan fingerprint density at radius 2 is 2.00 bits per heavy atom. The first-order valence-electron chi connectivity index (χ1n) is 7.45. The summed E-state index contributed by atoms with van der Waals surface area (Å²) in [6, 6.07) is 0.459. The molecule has 21 heavy (non-hydrogen) atoms. The molecule has 1 fully saturated rings. The van der Waals surface area contributed by atoms with Crippen molar-refractivity contribution < 1.29 is 14.3 Å². The first kappa shape index (κ1) is 15.9. The number of hydrogen-bond acceptors (Lipinski definition) is 6. The van der Waals surface area contributed by atoms with Crippen LogP contribution in [-0.4, -0.2) is 36.4 Å². The van der Waals surface area contributed by atoms with Gasteiger partial charge in [-0.05, 0) is 19.8 Å². The van der Waals surface area contributed by atoms with Crippen LogP contribution in [0, 0.1) is 0 Å². The van der Waals surface area contributed by atoms with E-state index in [1.54, 1.807) is 0 Å². The Balaban J connectivity index is 2.33. The van der Waals surface area contributed by atoms with Crippen LogP contribution in [0.3, 0.4) is 0 Å². The van der Waals surface area contributed by atoms with Crippen molar-refractivity contribution >= 4 is 28.2 Å². The summed E-state index contributed by atoms with van der Waals surface area (Å²) >= 11 is 1.30. The third-order valence-corrected chi connectivity index (χ3v) is 5.11. The van der Waals surface area contributed by atoms with Crippen molar-refractivity contribution in [2.75, 3.05) is 18.6 Å². The van der Waals surface area contributed by atoms with Gasteiger partial charge in [-0.25, -0.2) is 9.78 Å². The van der Waals surface area contributed by atoms with Gasteiger partial charge >= 0.3 is 5.97 Å². The summed E-state index contributed by atoms with van der Waals surface area (Å²) in [5, 5.41) is 0.759. The highest BCUT2D eigenvalue weighted by atomic mass is 32.1. The standard InChI is InChI=1S/C15H22N2O3S/c1-4-17(11-8-6-5-7-9-11)15-16-12(14(19)20-3)13(21-15)10(2)18/h11H,4-9H2,1-3H3. The zero-order valence-electron chi connectivity index (χ0n) is 12.8. The van der Waals surface area contributed by atoms with Crippen LogP contribution in [-0.2, 0) is 4.74 Å². The Labute approximate surface area is 129 Å². The molecule has 2 rings (SSSR count). The maximum Gasteiger partial charge on any atom is 0.358 e. The van der Waals surface area contributed by atoms with Gasteiger partial charge in [-0.2, -0.15) is 0 Å². The lowest BCUT2D eigenvalue weighted by Crippen LogP contribution is -2.36. The Bertz CT molecular complexity index is 521. The fourth-order valence-electron chi connectivity index (χ4n) is 2.85. The van der Waals surface area contributed by atoms with Gasteiger partial charge in [0.1, 0.15) is 4.88 Å². The molecule has 116 valence electrons. The van der Waals surface area contributed by atoms with Crippen molar-refractivity contribution in [3.63, 3.8) is 0 Å². The molecule has 1 aromatic heterocycles. The minimum absolute atomic E-state index is 0.140. The average molecular weight is 310 g/mol. The number of carbonyl (C=O) groups is 2. The number of ether oxygens (including phenoxy) is 1. The number of hydrogen-bond donors (Lipinski definition) is 0. The van der Waals surface area contributed by atoms with Crippen molar-refractivity contribution in [1.29, 1.82) is 0 Å². The molecule has 0 atom stereocenters. The summed E-state index contributed by atoms with van der Waals surface area (Å²) in [5.74, 6) is -0.679. The molecule has 0 radical (unpaired) electrons. The molecule has 0 saturated heterocycles. The van der Waals surface area contributed by atoms with Gasteiger partial charge in [0.15, 0.2) is 16.6 Å². The number of anilines is 1. The van der Waals surface area contributed by atoms with Crippen LogP contribution in [0.15, 0.2) is 0 Å². The smallest absolute Gasteiger partial charge is 0.358 e. The van der Waals surface area contributed by atoms with E-state index in [-0.39, 0.29) is 11.5 Å². The fourth-order valence-corrected chi connectivity index (χ4v) is 3.93. The highest BCUT2D eigenvalue weighted by molar-refractivity contribution is 7.17. The lowest BCUT2D eigenvalue weighted by atomic mass is 9.94. The highest BCUT2D eigenvalue weighted by Crippen LogP contribution is 2.32. The SMILES string of the molecule is CCN(c1nc(C(=O)OC)c(C(C)=O)s1)C1CCCCC1. The van der Waals surface area contributed by atoms with Crippen LogP contribution in [0.1, 0.15) is 66.1 Å². The van der Waals surface area contributed by atoms with Gasteiger partial charge < -0.3 is 9.64 Å². The summed E-state index contributed by atoms with van der Waals surface area (Å²) in [4.78, 5) is 30.5. The lowest BCUT2D eigenvalue weighted by molar-refractivity contribution is 0.0591. The molecule has 6 heteroatoms. The molecule has 0 N–H and O–H groups in total. The van der Waals surface area contributed by atoms with Crippen molar-refractivity contribution in [1.82, 2.24) is 4.98 Å². The van der Waals surface area contributed by atoms with E-state index in [1.165, 1.54) is 44.6 Å². The van der Waals surface area contributed by atoms with Gasteiger partial charge in [0.05, 0.1) is 7.11 Å². The minimum atomic E-state index is -0.539. The monoisotopic (exact) mass is 310 g/mol. The van der Waals surface area contributed by atoms with Gasteiger partial charge in [-0.3, -0.25) is 4.79 Å². The van der Waals surface area contributed by atoms with Gasteiger partial charge in [0.25, 0.3) is 0 Å². The van der Waals surface area contributed by atoms with Gasteiger partial charge in [-0.1, -0.05) is 30.6 Å². The Morgan fingerprint density at radius 1 is 1.33 bits per heavy atom. The van der Waals surface area contributed by atoms with Crippen LogP contribution >= 0.6 is 11.3 Å². The molecule has 0 bridgehead atoms. The molecule has 0 unspecified atom stereocenters. The molecular formula is C15H22N2O3S. The van der Waals surface area contributed by atoms with Crippen LogP contribution in [0.25, 0.3) is 0 Å². The quantitative estimate of drug-likeness (QED) is 0.617. The number of ketones is 1. The largest absolute Gasteiger partial charge is 0.464 e. The van der Waals surface area contributed by atoms with Crippen LogP contribution in [0.5, 0.6) is 0 Å². The van der Waals surface area contributed by atoms with E-state index in [9.17, 15) is 9.59 Å². The van der Waals surface area contributed by atoms with Crippen molar-refractivity contribution in [3.05, 3.63) is 10.6 Å². The third-order valence-electron chi connectivity index (χ3n) is 3.92. The van der Waals surface area contributed by atoms with Gasteiger partial charge in [0.2, 0.25) is 0 Å². The minimum Gasteiger partial charge on any atom is -0.464 e. The van der Waals surface area contributed by atoms with E-state index in [0.29, 0.717) is 10.9 Å². The topological polar surface area (TPSA) is 59.5 Å². The van der Waals surface area contributed by atoms with E-state index in [4.69, 9.17) is 4.74 Å². The molecular weight excluding hydrogens is 288 g/mol. The van der Waals surface area contributed by atoms with E-state index in [2.05, 4.69) is 16.8 Å². The molecule has 1 saturated carbocycles. The number of carbonyl (C=O) groups excluding carboxylic acids is 2. The number of Topliss-reactive ketones (excluding diaryl/α,β-unsaturated/α-hetero) is 1. The van der Waals surface area contributed by atoms with E-state index < -0.39 is 5.97 Å². The number of aromatic nitrogens is 1. The normalized spacial score (nSPS) is 15.8. The van der Waals surface area contributed by atoms with E-state index >= 15 is 0 Å². The lowest BCUT2D eigenvalue weighted by Gasteiger charge is -2.33. The van der Waals surface area contributed by atoms with E-state index in [1.807, 2.05) is 0 Å². The van der Waals surface area contributed by atoms with Gasteiger partial charge in [0, 0.05) is 19.5 Å². The molecule has 5 nitrogen and oxygen atoms in total. The van der Waals surface area contributed by atoms with Crippen molar-refractivity contribution in [2.24, 2.45) is 0 Å². The molecule has 0 aliphatic heterocycles. The fraction of sp³-hybridized carbons (Fsp3) is 0.667. The second kappa shape index (κ2) is 7.02. The number of thiazole rings is 1. The zero-order valence-corrected chi connectivity index (χ0v) is 13.7. The molecule has 1 heterocycles. The first-order chi connectivity index (χ1) is 10.1. The summed E-state index contributed by atoms with van der Waals surface area (Å²) in [6.07, 6.45) is 6.05. The Morgan fingerprint density at radius 3 is 2.52 bits per heavy atom. The molecule has 1 aliphatic rings. The second-order valence-electron chi connectivity index (χ2n) is 5.30. The second-order valence-corrected chi connectivity index (χ2v) is 6.28. The summed E-state index contributed by atoms with van der Waals surface area (Å²) in [7, 11) is 1.31. The maximum absolute atomic E-state index is 11.8. The van der Waals surface area contributed by atoms with Crippen molar-refractivity contribution in [3.8, 4) is 0 Å². The molecule has 1 aliphatic carbocycles. The molecule has 0 amide bonds. The van der Waals surface area contributed by atoms with Crippen LogP contribution in [0.4, 0.5) is 5.13 Å². The molecule has 1 aromatic rings.